The van der Waals surface area contributed by atoms with Crippen molar-refractivity contribution in [3.05, 3.63) is 35.9 Å². The average Bonchev–Trinajstić information content (AvgIpc) is 3.17. The first-order valence-electron chi connectivity index (χ1n) is 10.9. The Hall–Kier alpha value is -2.14. The molecule has 2 aliphatic heterocycles. The summed E-state index contributed by atoms with van der Waals surface area (Å²) in [4.78, 5) is 23.7. The number of alkyl halides is 3. The molecule has 7 nitrogen and oxygen atoms in total. The topological polar surface area (TPSA) is 104 Å². The Labute approximate surface area is 192 Å². The van der Waals surface area contributed by atoms with Crippen molar-refractivity contribution in [2.24, 2.45) is 17.8 Å². The van der Waals surface area contributed by atoms with Gasteiger partial charge in [0.1, 0.15) is 0 Å². The number of amides is 1. The second-order valence-electron chi connectivity index (χ2n) is 8.90. The van der Waals surface area contributed by atoms with E-state index in [0.717, 1.165) is 13.0 Å². The molecule has 0 aliphatic carbocycles. The van der Waals surface area contributed by atoms with Crippen LogP contribution in [-0.4, -0.2) is 73.7 Å². The minimum absolute atomic E-state index is 0.0357. The maximum atomic E-state index is 12.6. The minimum Gasteiger partial charge on any atom is -0.475 e. The van der Waals surface area contributed by atoms with Crippen LogP contribution in [0.2, 0.25) is 0 Å². The van der Waals surface area contributed by atoms with Crippen molar-refractivity contribution in [3.63, 3.8) is 0 Å². The summed E-state index contributed by atoms with van der Waals surface area (Å²) in [5.41, 5.74) is 1.26. The highest BCUT2D eigenvalue weighted by molar-refractivity contribution is 7.92. The molecule has 2 N–H and O–H groups in total. The fourth-order valence-corrected chi connectivity index (χ4v) is 6.31. The van der Waals surface area contributed by atoms with E-state index in [1.165, 1.54) is 5.56 Å². The molecular formula is C22H31F3N2O5S. The van der Waals surface area contributed by atoms with E-state index in [9.17, 15) is 26.4 Å². The third kappa shape index (κ3) is 7.99. The number of hydrogen-bond donors (Lipinski definition) is 2. The lowest BCUT2D eigenvalue weighted by atomic mass is 9.87. The Kier molecular flexibility index (Phi) is 9.30. The van der Waals surface area contributed by atoms with Crippen LogP contribution in [0.15, 0.2) is 30.3 Å². The third-order valence-corrected chi connectivity index (χ3v) is 8.13. The van der Waals surface area contributed by atoms with Gasteiger partial charge in [-0.15, -0.1) is 0 Å². The number of nitrogens with one attached hydrogen (secondary N) is 1. The van der Waals surface area contributed by atoms with Crippen molar-refractivity contribution >= 4 is 21.7 Å². The van der Waals surface area contributed by atoms with Crippen LogP contribution in [0.4, 0.5) is 13.2 Å². The van der Waals surface area contributed by atoms with Gasteiger partial charge in [0.15, 0.2) is 9.84 Å². The van der Waals surface area contributed by atoms with Crippen molar-refractivity contribution in [2.45, 2.75) is 38.1 Å². The molecule has 1 amide bonds. The third-order valence-electron chi connectivity index (χ3n) is 5.90. The largest absolute Gasteiger partial charge is 0.490 e. The van der Waals surface area contributed by atoms with Crippen LogP contribution in [0.1, 0.15) is 25.8 Å². The Morgan fingerprint density at radius 1 is 1.18 bits per heavy atom. The number of sulfone groups is 1. The predicted molar refractivity (Wildman–Crippen MR) is 117 cm³/mol. The molecule has 0 saturated carbocycles. The van der Waals surface area contributed by atoms with Gasteiger partial charge in [-0.05, 0) is 24.3 Å². The van der Waals surface area contributed by atoms with E-state index in [2.05, 4.69) is 36.2 Å². The van der Waals surface area contributed by atoms with Gasteiger partial charge in [0.05, 0.1) is 11.0 Å². The molecule has 3 rings (SSSR count). The van der Waals surface area contributed by atoms with E-state index >= 15 is 0 Å². The quantitative estimate of drug-likeness (QED) is 0.632. The van der Waals surface area contributed by atoms with Gasteiger partial charge in [-0.1, -0.05) is 44.2 Å². The normalized spacial score (nSPS) is 24.5. The maximum Gasteiger partial charge on any atom is 0.490 e. The Balaban J connectivity index is 0.000000479. The second-order valence-corrected chi connectivity index (χ2v) is 11.2. The van der Waals surface area contributed by atoms with Gasteiger partial charge in [0, 0.05) is 38.0 Å². The SMILES string of the molecule is CC(C)CNC(=O)[C@H]1CCS(=O)(=O)[C@@H]2CN(CCc3ccccc3)C[C@H]12.O=C(O)C(F)(F)F. The number of carbonyl (C=O) groups excluding carboxylic acids is 1. The van der Waals surface area contributed by atoms with Crippen molar-refractivity contribution < 1.29 is 36.3 Å². The molecule has 1 aromatic carbocycles. The fourth-order valence-electron chi connectivity index (χ4n) is 4.18. The van der Waals surface area contributed by atoms with Crippen molar-refractivity contribution in [1.29, 1.82) is 0 Å². The molecule has 0 bridgehead atoms. The number of rotatable bonds is 6. The number of benzene rings is 1. The molecule has 11 heteroatoms. The zero-order chi connectivity index (χ0) is 24.8. The molecule has 2 heterocycles. The van der Waals surface area contributed by atoms with Gasteiger partial charge in [-0.2, -0.15) is 13.2 Å². The summed E-state index contributed by atoms with van der Waals surface area (Å²) in [5.74, 6) is -2.43. The molecule has 0 unspecified atom stereocenters. The van der Waals surface area contributed by atoms with Crippen LogP contribution < -0.4 is 5.32 Å². The first-order valence-corrected chi connectivity index (χ1v) is 12.6. The summed E-state index contributed by atoms with van der Waals surface area (Å²) in [5, 5.41) is 9.75. The lowest BCUT2D eigenvalue weighted by molar-refractivity contribution is -0.192. The van der Waals surface area contributed by atoms with Crippen LogP contribution in [0.5, 0.6) is 0 Å². The summed E-state index contributed by atoms with van der Waals surface area (Å²) in [7, 11) is -3.10. The van der Waals surface area contributed by atoms with E-state index in [4.69, 9.17) is 9.90 Å². The summed E-state index contributed by atoms with van der Waals surface area (Å²) in [6.07, 6.45) is -3.72. The Morgan fingerprint density at radius 2 is 1.79 bits per heavy atom. The van der Waals surface area contributed by atoms with Gasteiger partial charge < -0.3 is 15.3 Å². The van der Waals surface area contributed by atoms with Crippen molar-refractivity contribution in [1.82, 2.24) is 10.2 Å². The summed E-state index contributed by atoms with van der Waals surface area (Å²) in [6, 6.07) is 10.3. The smallest absolute Gasteiger partial charge is 0.475 e. The first-order chi connectivity index (χ1) is 15.3. The van der Waals surface area contributed by atoms with Gasteiger partial charge in [0.25, 0.3) is 0 Å². The van der Waals surface area contributed by atoms with Gasteiger partial charge >= 0.3 is 12.1 Å². The summed E-state index contributed by atoms with van der Waals surface area (Å²) in [6.45, 7) is 6.89. The van der Waals surface area contributed by atoms with Crippen LogP contribution in [-0.2, 0) is 25.8 Å². The highest BCUT2D eigenvalue weighted by Gasteiger charge is 2.50. The standard InChI is InChI=1S/C20H30N2O3S.C2HF3O2/c1-15(2)12-21-20(23)17-9-11-26(24,25)19-14-22(13-18(17)19)10-8-16-6-4-3-5-7-16;3-2(4,5)1(6)7/h3-7,15,17-19H,8-14H2,1-2H3,(H,21,23);(H,6,7)/t17-,18+,19+;/m0./s1. The zero-order valence-corrected chi connectivity index (χ0v) is 19.5. The van der Waals surface area contributed by atoms with Crippen LogP contribution >= 0.6 is 0 Å². The lowest BCUT2D eigenvalue weighted by Gasteiger charge is -2.32. The predicted octanol–water partition coefficient (Wildman–Crippen LogP) is 2.37. The number of likely N-dealkylation sites (tertiary alicyclic amines) is 1. The molecule has 0 aromatic heterocycles. The maximum absolute atomic E-state index is 12.6. The molecule has 3 atom stereocenters. The van der Waals surface area contributed by atoms with Crippen LogP contribution in [0, 0.1) is 17.8 Å². The highest BCUT2D eigenvalue weighted by atomic mass is 32.2. The van der Waals surface area contributed by atoms with E-state index in [1.54, 1.807) is 0 Å². The first kappa shape index (κ1) is 27.1. The lowest BCUT2D eigenvalue weighted by Crippen LogP contribution is -2.47. The molecule has 0 radical (unpaired) electrons. The second kappa shape index (κ2) is 11.3. The number of nitrogens with zero attached hydrogens (tertiary/aromatic N) is 1. The highest BCUT2D eigenvalue weighted by Crippen LogP contribution is 2.37. The molecule has 2 saturated heterocycles. The Morgan fingerprint density at radius 3 is 2.33 bits per heavy atom. The number of carbonyl (C=O) groups is 2. The average molecular weight is 493 g/mol. The van der Waals surface area contributed by atoms with Crippen molar-refractivity contribution in [3.8, 4) is 0 Å². The van der Waals surface area contributed by atoms with E-state index in [1.807, 2.05) is 18.2 Å². The van der Waals surface area contributed by atoms with Gasteiger partial charge in [-0.3, -0.25) is 4.79 Å². The van der Waals surface area contributed by atoms with E-state index in [0.29, 0.717) is 32.0 Å². The van der Waals surface area contributed by atoms with Gasteiger partial charge in [-0.25, -0.2) is 13.2 Å². The summed E-state index contributed by atoms with van der Waals surface area (Å²) >= 11 is 0. The molecule has 1 aromatic rings. The molecular weight excluding hydrogens is 461 g/mol. The molecule has 33 heavy (non-hydrogen) atoms. The van der Waals surface area contributed by atoms with E-state index < -0.39 is 22.0 Å². The monoisotopic (exact) mass is 492 g/mol. The number of carboxylic acid groups (broad SMARTS) is 1. The van der Waals surface area contributed by atoms with Crippen LogP contribution in [0.25, 0.3) is 0 Å². The van der Waals surface area contributed by atoms with E-state index in [-0.39, 0.29) is 28.7 Å². The van der Waals surface area contributed by atoms with Crippen LogP contribution in [0.3, 0.4) is 0 Å². The molecule has 0 spiro atoms. The number of carboxylic acids is 1. The summed E-state index contributed by atoms with van der Waals surface area (Å²) < 4.78 is 56.9. The Bertz CT molecular complexity index is 906. The number of fused-ring (bicyclic) bond motifs is 1. The number of aliphatic carboxylic acids is 1. The van der Waals surface area contributed by atoms with Gasteiger partial charge in [0.2, 0.25) is 5.91 Å². The van der Waals surface area contributed by atoms with Crippen molar-refractivity contribution in [2.75, 3.05) is 31.9 Å². The molecule has 2 aliphatic rings. The molecule has 186 valence electrons. The number of hydrogen-bond acceptors (Lipinski definition) is 5. The molecule has 2 fully saturated rings. The fraction of sp³-hybridized carbons (Fsp3) is 0.636. The zero-order valence-electron chi connectivity index (χ0n) is 18.7. The minimum atomic E-state index is -5.08. The number of halogens is 3.